The Bertz CT molecular complexity index is 445. The summed E-state index contributed by atoms with van der Waals surface area (Å²) in [5, 5.41) is 3.99. The van der Waals surface area contributed by atoms with Crippen LogP contribution < -0.4 is 5.32 Å². The predicted molar refractivity (Wildman–Crippen MR) is 83.2 cm³/mol. The van der Waals surface area contributed by atoms with E-state index in [0.29, 0.717) is 5.02 Å². The Kier molecular flexibility index (Phi) is 5.67. The van der Waals surface area contributed by atoms with Gasteiger partial charge < -0.3 is 5.32 Å². The molecule has 0 radical (unpaired) electrons. The van der Waals surface area contributed by atoms with Crippen LogP contribution in [0.15, 0.2) is 18.2 Å². The number of nitrogens with zero attached hydrogens (tertiary/aromatic N) is 1. The summed E-state index contributed by atoms with van der Waals surface area (Å²) in [6.07, 6.45) is 3.66. The highest BCUT2D eigenvalue weighted by Gasteiger charge is 2.31. The molecule has 0 amide bonds. The summed E-state index contributed by atoms with van der Waals surface area (Å²) in [4.78, 5) is 2.41. The highest BCUT2D eigenvalue weighted by Crippen LogP contribution is 2.41. The number of halogens is 3. The molecule has 3 rings (SSSR count). The fourth-order valence-electron chi connectivity index (χ4n) is 2.91. The van der Waals surface area contributed by atoms with Gasteiger partial charge in [-0.15, -0.1) is 12.4 Å². The summed E-state index contributed by atoms with van der Waals surface area (Å²) in [5.74, 6) is 0.659. The molecule has 1 heterocycles. The van der Waals surface area contributed by atoms with E-state index in [0.717, 1.165) is 44.1 Å². The molecule has 112 valence electrons. The molecule has 2 aliphatic rings. The zero-order valence-corrected chi connectivity index (χ0v) is 13.0. The lowest BCUT2D eigenvalue weighted by atomic mass is 9.98. The minimum atomic E-state index is -0.117. The molecule has 0 bridgehead atoms. The monoisotopic (exact) mass is 318 g/mol. The molecule has 0 unspecified atom stereocenters. The summed E-state index contributed by atoms with van der Waals surface area (Å²) < 4.78 is 14.1. The van der Waals surface area contributed by atoms with Gasteiger partial charge in [0.25, 0.3) is 0 Å². The van der Waals surface area contributed by atoms with Crippen molar-refractivity contribution in [1.82, 2.24) is 10.2 Å². The van der Waals surface area contributed by atoms with Gasteiger partial charge in [0, 0.05) is 42.8 Å². The number of benzene rings is 1. The lowest BCUT2D eigenvalue weighted by Crippen LogP contribution is -2.45. The van der Waals surface area contributed by atoms with Crippen molar-refractivity contribution < 1.29 is 4.39 Å². The first kappa shape index (κ1) is 16.0. The first-order chi connectivity index (χ1) is 9.24. The first-order valence-electron chi connectivity index (χ1n) is 7.14. The highest BCUT2D eigenvalue weighted by atomic mass is 35.5. The highest BCUT2D eigenvalue weighted by molar-refractivity contribution is 6.30. The van der Waals surface area contributed by atoms with Crippen LogP contribution in [0.1, 0.15) is 30.9 Å². The van der Waals surface area contributed by atoms with Crippen LogP contribution >= 0.6 is 24.0 Å². The second kappa shape index (κ2) is 7.08. The van der Waals surface area contributed by atoms with Crippen molar-refractivity contribution >= 4 is 24.0 Å². The van der Waals surface area contributed by atoms with E-state index in [2.05, 4.69) is 10.2 Å². The van der Waals surface area contributed by atoms with E-state index in [1.807, 2.05) is 6.07 Å². The van der Waals surface area contributed by atoms with Crippen molar-refractivity contribution in [2.24, 2.45) is 5.92 Å². The van der Waals surface area contributed by atoms with Crippen molar-refractivity contribution in [2.75, 3.05) is 26.2 Å². The fraction of sp³-hybridized carbons (Fsp3) is 0.600. The lowest BCUT2D eigenvalue weighted by Gasteiger charge is -2.35. The van der Waals surface area contributed by atoms with Gasteiger partial charge >= 0.3 is 0 Å². The molecule has 1 aliphatic heterocycles. The Balaban J connectivity index is 0.00000147. The summed E-state index contributed by atoms with van der Waals surface area (Å²) in [6.45, 7) is 3.96. The normalized spacial score (nSPS) is 21.3. The van der Waals surface area contributed by atoms with Gasteiger partial charge in [-0.1, -0.05) is 24.4 Å². The van der Waals surface area contributed by atoms with Gasteiger partial charge in [-0.2, -0.15) is 0 Å². The third-order valence-electron chi connectivity index (χ3n) is 4.16. The molecule has 2 fully saturated rings. The van der Waals surface area contributed by atoms with E-state index in [1.54, 1.807) is 6.07 Å². The van der Waals surface area contributed by atoms with Gasteiger partial charge in [-0.3, -0.25) is 4.90 Å². The SMILES string of the molecule is Cl.Fc1ccc(Cl)cc1[C@@H](CC1CC1)N1CCNCC1. The van der Waals surface area contributed by atoms with Gasteiger partial charge in [0.05, 0.1) is 0 Å². The molecule has 0 aromatic heterocycles. The number of rotatable bonds is 4. The average molecular weight is 319 g/mol. The van der Waals surface area contributed by atoms with E-state index in [4.69, 9.17) is 11.6 Å². The van der Waals surface area contributed by atoms with Crippen LogP contribution in [0.3, 0.4) is 0 Å². The number of hydrogen-bond donors (Lipinski definition) is 1. The predicted octanol–water partition coefficient (Wildman–Crippen LogP) is 3.65. The van der Waals surface area contributed by atoms with Crippen LogP contribution in [0.5, 0.6) is 0 Å². The van der Waals surface area contributed by atoms with E-state index >= 15 is 0 Å². The minimum Gasteiger partial charge on any atom is -0.314 e. The Morgan fingerprint density at radius 1 is 1.30 bits per heavy atom. The first-order valence-corrected chi connectivity index (χ1v) is 7.51. The Labute approximate surface area is 131 Å². The summed E-state index contributed by atoms with van der Waals surface area (Å²) >= 11 is 6.05. The second-order valence-corrected chi connectivity index (χ2v) is 6.08. The standard InChI is InChI=1S/C15H20ClFN2.ClH/c16-12-3-4-14(17)13(10-12)15(9-11-1-2-11)19-7-5-18-6-8-19;/h3-4,10-11,15,18H,1-2,5-9H2;1H/t15-;/m1./s1. The minimum absolute atomic E-state index is 0. The molecule has 1 aromatic rings. The smallest absolute Gasteiger partial charge is 0.128 e. The number of hydrogen-bond acceptors (Lipinski definition) is 2. The molecule has 1 saturated carbocycles. The van der Waals surface area contributed by atoms with Gasteiger partial charge in [0.15, 0.2) is 0 Å². The van der Waals surface area contributed by atoms with Crippen molar-refractivity contribution in [3.8, 4) is 0 Å². The van der Waals surface area contributed by atoms with Crippen LogP contribution in [-0.2, 0) is 0 Å². The van der Waals surface area contributed by atoms with Gasteiger partial charge in [0.1, 0.15) is 5.82 Å². The zero-order valence-electron chi connectivity index (χ0n) is 11.4. The molecule has 1 aliphatic carbocycles. The Morgan fingerprint density at radius 3 is 2.65 bits per heavy atom. The Morgan fingerprint density at radius 2 is 2.00 bits per heavy atom. The van der Waals surface area contributed by atoms with E-state index in [-0.39, 0.29) is 24.3 Å². The van der Waals surface area contributed by atoms with Crippen LogP contribution in [-0.4, -0.2) is 31.1 Å². The largest absolute Gasteiger partial charge is 0.314 e. The van der Waals surface area contributed by atoms with Crippen LogP contribution in [0, 0.1) is 11.7 Å². The van der Waals surface area contributed by atoms with Gasteiger partial charge in [0.2, 0.25) is 0 Å². The van der Waals surface area contributed by atoms with E-state index < -0.39 is 0 Å². The third-order valence-corrected chi connectivity index (χ3v) is 4.40. The molecule has 1 atom stereocenters. The Hall–Kier alpha value is -0.350. The van der Waals surface area contributed by atoms with Crippen molar-refractivity contribution in [3.63, 3.8) is 0 Å². The van der Waals surface area contributed by atoms with E-state index in [1.165, 1.54) is 18.9 Å². The van der Waals surface area contributed by atoms with Crippen molar-refractivity contribution in [3.05, 3.63) is 34.6 Å². The van der Waals surface area contributed by atoms with E-state index in [9.17, 15) is 4.39 Å². The summed E-state index contributed by atoms with van der Waals surface area (Å²) in [5.41, 5.74) is 0.779. The quantitative estimate of drug-likeness (QED) is 0.911. The van der Waals surface area contributed by atoms with Gasteiger partial charge in [-0.25, -0.2) is 4.39 Å². The maximum absolute atomic E-state index is 14.1. The fourth-order valence-corrected chi connectivity index (χ4v) is 3.09. The lowest BCUT2D eigenvalue weighted by molar-refractivity contribution is 0.157. The molecular formula is C15H21Cl2FN2. The van der Waals surface area contributed by atoms with Crippen molar-refractivity contribution in [2.45, 2.75) is 25.3 Å². The third kappa shape index (κ3) is 3.85. The van der Waals surface area contributed by atoms with Crippen molar-refractivity contribution in [1.29, 1.82) is 0 Å². The molecule has 0 spiro atoms. The molecule has 5 heteroatoms. The summed E-state index contributed by atoms with van der Waals surface area (Å²) in [6, 6.07) is 5.13. The van der Waals surface area contributed by atoms with Crippen LogP contribution in [0.25, 0.3) is 0 Å². The number of nitrogens with one attached hydrogen (secondary N) is 1. The van der Waals surface area contributed by atoms with Gasteiger partial charge in [-0.05, 0) is 30.5 Å². The van der Waals surface area contributed by atoms with Crippen LogP contribution in [0.4, 0.5) is 4.39 Å². The molecule has 20 heavy (non-hydrogen) atoms. The molecule has 1 N–H and O–H groups in total. The zero-order chi connectivity index (χ0) is 13.2. The maximum Gasteiger partial charge on any atom is 0.128 e. The average Bonchev–Trinajstić information content (AvgIpc) is 3.24. The molecule has 1 aromatic carbocycles. The number of piperazine rings is 1. The summed E-state index contributed by atoms with van der Waals surface area (Å²) in [7, 11) is 0. The van der Waals surface area contributed by atoms with Crippen LogP contribution in [0.2, 0.25) is 5.02 Å². The molecular weight excluding hydrogens is 298 g/mol. The molecule has 2 nitrogen and oxygen atoms in total. The topological polar surface area (TPSA) is 15.3 Å². The maximum atomic E-state index is 14.1. The second-order valence-electron chi connectivity index (χ2n) is 5.65. The molecule has 1 saturated heterocycles.